The fourth-order valence-corrected chi connectivity index (χ4v) is 3.36. The molecule has 4 heterocycles. The second-order valence-electron chi connectivity index (χ2n) is 6.18. The minimum absolute atomic E-state index is 0.0125. The zero-order valence-corrected chi connectivity index (χ0v) is 13.6. The Labute approximate surface area is 145 Å². The van der Waals surface area contributed by atoms with Gasteiger partial charge in [-0.05, 0) is 24.3 Å². The summed E-state index contributed by atoms with van der Waals surface area (Å²) in [6.45, 7) is 1.92. The standard InChI is InChI=1S/C18H17N5O2/c19-7-13-4-5-17(21-8-13)22-10-15-16(11-22)25-12-18(24)23(15)9-14-3-1-2-6-20-14/h1-6,8,15-16H,9-12H2/t15-,16+/m1/s1. The molecule has 2 aliphatic rings. The Morgan fingerprint density at radius 3 is 2.88 bits per heavy atom. The first-order valence-corrected chi connectivity index (χ1v) is 8.16. The van der Waals surface area contributed by atoms with Gasteiger partial charge in [-0.2, -0.15) is 5.26 Å². The lowest BCUT2D eigenvalue weighted by atomic mass is 10.1. The zero-order chi connectivity index (χ0) is 17.2. The maximum Gasteiger partial charge on any atom is 0.249 e. The van der Waals surface area contributed by atoms with Crippen molar-refractivity contribution < 1.29 is 9.53 Å². The summed E-state index contributed by atoms with van der Waals surface area (Å²) in [4.78, 5) is 25.0. The number of carbonyl (C=O) groups excluding carboxylic acids is 1. The molecule has 0 saturated carbocycles. The molecule has 126 valence electrons. The van der Waals surface area contributed by atoms with Crippen LogP contribution < -0.4 is 4.90 Å². The summed E-state index contributed by atoms with van der Waals surface area (Å²) in [5.74, 6) is 0.781. The fraction of sp³-hybridized carbons (Fsp3) is 0.333. The Hall–Kier alpha value is -2.98. The van der Waals surface area contributed by atoms with Gasteiger partial charge in [0, 0.05) is 25.5 Å². The molecule has 7 heteroatoms. The molecule has 2 fully saturated rings. The van der Waals surface area contributed by atoms with Crippen LogP contribution in [-0.4, -0.2) is 52.6 Å². The highest BCUT2D eigenvalue weighted by Crippen LogP contribution is 2.27. The average molecular weight is 335 g/mol. The Morgan fingerprint density at radius 2 is 2.16 bits per heavy atom. The van der Waals surface area contributed by atoms with Gasteiger partial charge in [-0.3, -0.25) is 9.78 Å². The van der Waals surface area contributed by atoms with Crippen LogP contribution in [-0.2, 0) is 16.1 Å². The van der Waals surface area contributed by atoms with Crippen molar-refractivity contribution in [3.8, 4) is 6.07 Å². The van der Waals surface area contributed by atoms with Gasteiger partial charge in [0.2, 0.25) is 5.91 Å². The van der Waals surface area contributed by atoms with Gasteiger partial charge in [0.1, 0.15) is 18.5 Å². The van der Waals surface area contributed by atoms with E-state index in [0.717, 1.165) is 11.5 Å². The van der Waals surface area contributed by atoms with Crippen molar-refractivity contribution in [2.24, 2.45) is 0 Å². The summed E-state index contributed by atoms with van der Waals surface area (Å²) in [5.41, 5.74) is 1.40. The van der Waals surface area contributed by atoms with Gasteiger partial charge in [-0.25, -0.2) is 4.98 Å². The highest BCUT2D eigenvalue weighted by Gasteiger charge is 2.43. The summed E-state index contributed by atoms with van der Waals surface area (Å²) < 4.78 is 5.75. The maximum atomic E-state index is 12.4. The largest absolute Gasteiger partial charge is 0.364 e. The molecule has 0 aromatic carbocycles. The summed E-state index contributed by atoms with van der Waals surface area (Å²) in [6.07, 6.45) is 3.26. The molecule has 2 aliphatic heterocycles. The predicted molar refractivity (Wildman–Crippen MR) is 89.5 cm³/mol. The lowest BCUT2D eigenvalue weighted by molar-refractivity contribution is -0.154. The molecule has 7 nitrogen and oxygen atoms in total. The normalized spacial score (nSPS) is 22.6. The van der Waals surface area contributed by atoms with Crippen LogP contribution >= 0.6 is 0 Å². The van der Waals surface area contributed by atoms with Crippen LogP contribution in [0.3, 0.4) is 0 Å². The van der Waals surface area contributed by atoms with E-state index in [0.29, 0.717) is 25.2 Å². The number of carbonyl (C=O) groups is 1. The van der Waals surface area contributed by atoms with Gasteiger partial charge in [0.15, 0.2) is 0 Å². The Balaban J connectivity index is 1.53. The van der Waals surface area contributed by atoms with Gasteiger partial charge < -0.3 is 14.5 Å². The van der Waals surface area contributed by atoms with E-state index < -0.39 is 0 Å². The third-order valence-corrected chi connectivity index (χ3v) is 4.64. The molecule has 0 spiro atoms. The molecule has 0 N–H and O–H groups in total. The third-order valence-electron chi connectivity index (χ3n) is 4.64. The molecule has 2 saturated heterocycles. The second kappa shape index (κ2) is 6.49. The number of rotatable bonds is 3. The van der Waals surface area contributed by atoms with Crippen molar-refractivity contribution >= 4 is 11.7 Å². The number of amides is 1. The lowest BCUT2D eigenvalue weighted by Gasteiger charge is -2.36. The predicted octanol–water partition coefficient (Wildman–Crippen LogP) is 0.964. The quantitative estimate of drug-likeness (QED) is 0.831. The number of nitriles is 1. The van der Waals surface area contributed by atoms with Crippen LogP contribution in [0.4, 0.5) is 5.82 Å². The number of pyridine rings is 2. The highest BCUT2D eigenvalue weighted by molar-refractivity contribution is 5.79. The molecular formula is C18H17N5O2. The number of aromatic nitrogens is 2. The third kappa shape index (κ3) is 3.04. The van der Waals surface area contributed by atoms with E-state index in [4.69, 9.17) is 10.00 Å². The fourth-order valence-electron chi connectivity index (χ4n) is 3.36. The van der Waals surface area contributed by atoms with E-state index in [9.17, 15) is 4.79 Å². The van der Waals surface area contributed by atoms with E-state index >= 15 is 0 Å². The smallest absolute Gasteiger partial charge is 0.249 e. The zero-order valence-electron chi connectivity index (χ0n) is 13.6. The number of morpholine rings is 1. The van der Waals surface area contributed by atoms with Crippen LogP contribution in [0.2, 0.25) is 0 Å². The molecule has 1 amide bonds. The molecule has 0 radical (unpaired) electrons. The van der Waals surface area contributed by atoms with E-state index in [1.807, 2.05) is 29.2 Å². The molecular weight excluding hydrogens is 318 g/mol. The highest BCUT2D eigenvalue weighted by atomic mass is 16.5. The molecule has 2 aromatic rings. The van der Waals surface area contributed by atoms with E-state index in [-0.39, 0.29) is 24.7 Å². The first-order valence-electron chi connectivity index (χ1n) is 8.16. The Kier molecular flexibility index (Phi) is 4.04. The first kappa shape index (κ1) is 15.5. The van der Waals surface area contributed by atoms with Crippen LogP contribution in [0, 0.1) is 11.3 Å². The van der Waals surface area contributed by atoms with Crippen LogP contribution in [0.5, 0.6) is 0 Å². The van der Waals surface area contributed by atoms with Crippen LogP contribution in [0.25, 0.3) is 0 Å². The lowest BCUT2D eigenvalue weighted by Crippen LogP contribution is -2.53. The number of nitrogens with zero attached hydrogens (tertiary/aromatic N) is 5. The van der Waals surface area contributed by atoms with E-state index in [2.05, 4.69) is 20.9 Å². The van der Waals surface area contributed by atoms with Crippen LogP contribution in [0.1, 0.15) is 11.3 Å². The van der Waals surface area contributed by atoms with Gasteiger partial charge in [-0.1, -0.05) is 6.07 Å². The monoisotopic (exact) mass is 335 g/mol. The Morgan fingerprint density at radius 1 is 1.24 bits per heavy atom. The van der Waals surface area contributed by atoms with Gasteiger partial charge in [0.05, 0.1) is 29.9 Å². The van der Waals surface area contributed by atoms with Gasteiger partial charge in [-0.15, -0.1) is 0 Å². The topological polar surface area (TPSA) is 82.4 Å². The SMILES string of the molecule is N#Cc1ccc(N2C[C@@H]3OCC(=O)N(Cc4ccccn4)[C@@H]3C2)nc1. The van der Waals surface area contributed by atoms with Gasteiger partial charge >= 0.3 is 0 Å². The molecule has 2 aromatic heterocycles. The molecule has 0 unspecified atom stereocenters. The van der Waals surface area contributed by atoms with Crippen molar-refractivity contribution in [1.82, 2.24) is 14.9 Å². The molecule has 0 bridgehead atoms. The maximum absolute atomic E-state index is 12.4. The van der Waals surface area contributed by atoms with Crippen molar-refractivity contribution in [2.45, 2.75) is 18.7 Å². The van der Waals surface area contributed by atoms with Crippen LogP contribution in [0.15, 0.2) is 42.7 Å². The Bertz CT molecular complexity index is 802. The number of hydrogen-bond acceptors (Lipinski definition) is 6. The molecule has 4 rings (SSSR count). The summed E-state index contributed by atoms with van der Waals surface area (Å²) in [5, 5.41) is 8.89. The van der Waals surface area contributed by atoms with E-state index in [1.54, 1.807) is 18.5 Å². The number of hydrogen-bond donors (Lipinski definition) is 0. The van der Waals surface area contributed by atoms with Crippen molar-refractivity contribution in [2.75, 3.05) is 24.6 Å². The molecule has 2 atom stereocenters. The summed E-state index contributed by atoms with van der Waals surface area (Å²) >= 11 is 0. The van der Waals surface area contributed by atoms with E-state index in [1.165, 1.54) is 0 Å². The van der Waals surface area contributed by atoms with Crippen molar-refractivity contribution in [3.63, 3.8) is 0 Å². The van der Waals surface area contributed by atoms with Crippen molar-refractivity contribution in [1.29, 1.82) is 5.26 Å². The summed E-state index contributed by atoms with van der Waals surface area (Å²) in [6, 6.07) is 11.3. The first-order chi connectivity index (χ1) is 12.2. The minimum Gasteiger partial charge on any atom is -0.364 e. The number of fused-ring (bicyclic) bond motifs is 1. The molecule has 0 aliphatic carbocycles. The average Bonchev–Trinajstić information content (AvgIpc) is 3.10. The number of ether oxygens (including phenoxy) is 1. The second-order valence-corrected chi connectivity index (χ2v) is 6.18. The minimum atomic E-state index is -0.0427. The van der Waals surface area contributed by atoms with Gasteiger partial charge in [0.25, 0.3) is 0 Å². The number of anilines is 1. The molecule has 25 heavy (non-hydrogen) atoms. The van der Waals surface area contributed by atoms with Crippen molar-refractivity contribution in [3.05, 3.63) is 54.0 Å². The summed E-state index contributed by atoms with van der Waals surface area (Å²) in [7, 11) is 0.